The molecule has 0 bridgehead atoms. The monoisotopic (exact) mass is 289 g/mol. The number of ether oxygens (including phenoxy) is 1. The lowest BCUT2D eigenvalue weighted by atomic mass is 10.2. The fourth-order valence-corrected chi connectivity index (χ4v) is 1.74. The third kappa shape index (κ3) is 3.91. The molecule has 2 heterocycles. The summed E-state index contributed by atoms with van der Waals surface area (Å²) in [4.78, 5) is 15.2. The lowest BCUT2D eigenvalue weighted by Gasteiger charge is -2.23. The van der Waals surface area contributed by atoms with Gasteiger partial charge in [-0.05, 0) is 12.1 Å². The summed E-state index contributed by atoms with van der Waals surface area (Å²) in [6.07, 6.45) is -3.95. The average Bonchev–Trinajstić information content (AvgIpc) is 2.45. The van der Waals surface area contributed by atoms with Crippen molar-refractivity contribution in [1.29, 1.82) is 0 Å². The summed E-state index contributed by atoms with van der Waals surface area (Å²) in [6.45, 7) is 2.25. The Morgan fingerprint density at radius 3 is 2.85 bits per heavy atom. The quantitative estimate of drug-likeness (QED) is 0.865. The molecular weight excluding hydrogens is 275 g/mol. The van der Waals surface area contributed by atoms with Crippen LogP contribution in [0.5, 0.6) is 0 Å². The molecule has 0 aliphatic carbocycles. The highest BCUT2D eigenvalue weighted by molar-refractivity contribution is 5.92. The average molecular weight is 289 g/mol. The molecule has 1 amide bonds. The summed E-state index contributed by atoms with van der Waals surface area (Å²) >= 11 is 0. The van der Waals surface area contributed by atoms with Crippen LogP contribution in [0.4, 0.5) is 13.2 Å². The molecule has 5 nitrogen and oxygen atoms in total. The summed E-state index contributed by atoms with van der Waals surface area (Å²) in [6, 6.07) is 1.89. The first-order valence-corrected chi connectivity index (χ1v) is 6.10. The molecular formula is C12H14F3N3O2. The van der Waals surface area contributed by atoms with E-state index in [1.54, 1.807) is 0 Å². The maximum Gasteiger partial charge on any atom is 0.417 e. The number of pyridine rings is 1. The minimum atomic E-state index is -4.45. The third-order valence-corrected chi connectivity index (χ3v) is 2.82. The Labute approximate surface area is 113 Å². The number of hydrogen-bond acceptors (Lipinski definition) is 4. The molecule has 1 aliphatic heterocycles. The summed E-state index contributed by atoms with van der Waals surface area (Å²) in [5, 5.41) is 5.68. The van der Waals surface area contributed by atoms with Gasteiger partial charge in [0, 0.05) is 25.8 Å². The van der Waals surface area contributed by atoms with Gasteiger partial charge < -0.3 is 15.4 Å². The molecule has 1 saturated heterocycles. The van der Waals surface area contributed by atoms with Crippen molar-refractivity contribution in [2.75, 3.05) is 26.2 Å². The van der Waals surface area contributed by atoms with Gasteiger partial charge in [-0.3, -0.25) is 9.78 Å². The zero-order chi connectivity index (χ0) is 14.6. The predicted octanol–water partition coefficient (Wildman–Crippen LogP) is 0.819. The van der Waals surface area contributed by atoms with Crippen LogP contribution < -0.4 is 10.6 Å². The molecule has 1 aliphatic rings. The highest BCUT2D eigenvalue weighted by Crippen LogP contribution is 2.28. The van der Waals surface area contributed by atoms with Crippen LogP contribution >= 0.6 is 0 Å². The number of carbonyl (C=O) groups is 1. The van der Waals surface area contributed by atoms with Gasteiger partial charge >= 0.3 is 6.18 Å². The van der Waals surface area contributed by atoms with Crippen molar-refractivity contribution in [3.05, 3.63) is 29.6 Å². The fourth-order valence-electron chi connectivity index (χ4n) is 1.74. The van der Waals surface area contributed by atoms with E-state index in [0.717, 1.165) is 18.7 Å². The summed E-state index contributed by atoms with van der Waals surface area (Å²) in [5.41, 5.74) is -0.935. The highest BCUT2D eigenvalue weighted by Gasteiger charge is 2.30. The highest BCUT2D eigenvalue weighted by atomic mass is 19.4. The standard InChI is InChI=1S/C12H14F3N3O2/c13-12(14,15)8-1-2-10(17-5-8)11(19)18-7-9-6-16-3-4-20-9/h1-2,5,9,16H,3-4,6-7H2,(H,18,19). The van der Waals surface area contributed by atoms with Gasteiger partial charge in [0.05, 0.1) is 18.3 Å². The Morgan fingerprint density at radius 1 is 1.50 bits per heavy atom. The minimum absolute atomic E-state index is 0.0539. The summed E-state index contributed by atoms with van der Waals surface area (Å²) < 4.78 is 42.4. The largest absolute Gasteiger partial charge is 0.417 e. The second-order valence-electron chi connectivity index (χ2n) is 4.34. The molecule has 1 fully saturated rings. The molecule has 0 saturated carbocycles. The van der Waals surface area contributed by atoms with E-state index < -0.39 is 17.6 Å². The van der Waals surface area contributed by atoms with Gasteiger partial charge in [0.1, 0.15) is 5.69 Å². The Balaban J connectivity index is 1.89. The van der Waals surface area contributed by atoms with Crippen LogP contribution in [-0.4, -0.2) is 43.2 Å². The SMILES string of the molecule is O=C(NCC1CNCCO1)c1ccc(C(F)(F)F)cn1. The Hall–Kier alpha value is -1.67. The van der Waals surface area contributed by atoms with E-state index in [9.17, 15) is 18.0 Å². The molecule has 1 aromatic rings. The van der Waals surface area contributed by atoms with Crippen LogP contribution in [0.25, 0.3) is 0 Å². The maximum absolute atomic E-state index is 12.3. The van der Waals surface area contributed by atoms with Crippen LogP contribution in [0.3, 0.4) is 0 Å². The van der Waals surface area contributed by atoms with Crippen LogP contribution in [-0.2, 0) is 10.9 Å². The first kappa shape index (κ1) is 14.7. The Kier molecular flexibility index (Phi) is 4.56. The van der Waals surface area contributed by atoms with Crippen LogP contribution in [0.15, 0.2) is 18.3 Å². The molecule has 8 heteroatoms. The molecule has 20 heavy (non-hydrogen) atoms. The van der Waals surface area contributed by atoms with E-state index in [-0.39, 0.29) is 18.3 Å². The zero-order valence-corrected chi connectivity index (χ0v) is 10.5. The molecule has 1 aromatic heterocycles. The molecule has 2 N–H and O–H groups in total. The van der Waals surface area contributed by atoms with Crippen molar-refractivity contribution >= 4 is 5.91 Å². The van der Waals surface area contributed by atoms with Gasteiger partial charge in [-0.1, -0.05) is 0 Å². The van der Waals surface area contributed by atoms with Crippen molar-refractivity contribution in [1.82, 2.24) is 15.6 Å². The van der Waals surface area contributed by atoms with E-state index >= 15 is 0 Å². The van der Waals surface area contributed by atoms with E-state index in [2.05, 4.69) is 15.6 Å². The van der Waals surface area contributed by atoms with E-state index in [1.165, 1.54) is 0 Å². The first-order valence-electron chi connectivity index (χ1n) is 6.10. The number of aromatic nitrogens is 1. The van der Waals surface area contributed by atoms with Crippen molar-refractivity contribution in [2.24, 2.45) is 0 Å². The van der Waals surface area contributed by atoms with Gasteiger partial charge in [-0.2, -0.15) is 13.2 Å². The number of rotatable bonds is 3. The summed E-state index contributed by atoms with van der Waals surface area (Å²) in [5.74, 6) is -0.520. The normalized spacial score (nSPS) is 19.6. The molecule has 0 radical (unpaired) electrons. The lowest BCUT2D eigenvalue weighted by Crippen LogP contribution is -2.45. The van der Waals surface area contributed by atoms with Crippen LogP contribution in [0.1, 0.15) is 16.1 Å². The maximum atomic E-state index is 12.3. The molecule has 0 spiro atoms. The number of amides is 1. The predicted molar refractivity (Wildman–Crippen MR) is 64.2 cm³/mol. The lowest BCUT2D eigenvalue weighted by molar-refractivity contribution is -0.137. The van der Waals surface area contributed by atoms with Crippen molar-refractivity contribution in [3.8, 4) is 0 Å². The van der Waals surface area contributed by atoms with Crippen molar-refractivity contribution in [3.63, 3.8) is 0 Å². The molecule has 0 aromatic carbocycles. The zero-order valence-electron chi connectivity index (χ0n) is 10.5. The number of nitrogens with one attached hydrogen (secondary N) is 2. The number of hydrogen-bond donors (Lipinski definition) is 2. The first-order chi connectivity index (χ1) is 9.47. The van der Waals surface area contributed by atoms with Gasteiger partial charge in [0.2, 0.25) is 0 Å². The topological polar surface area (TPSA) is 63.2 Å². The van der Waals surface area contributed by atoms with Crippen LogP contribution in [0, 0.1) is 0 Å². The van der Waals surface area contributed by atoms with Gasteiger partial charge in [0.15, 0.2) is 0 Å². The number of halogens is 3. The Bertz CT molecular complexity index is 456. The number of carbonyl (C=O) groups excluding carboxylic acids is 1. The van der Waals surface area contributed by atoms with E-state index in [4.69, 9.17) is 4.74 Å². The van der Waals surface area contributed by atoms with Gasteiger partial charge in [-0.25, -0.2) is 0 Å². The van der Waals surface area contributed by atoms with Crippen molar-refractivity contribution in [2.45, 2.75) is 12.3 Å². The molecule has 1 unspecified atom stereocenters. The fraction of sp³-hybridized carbons (Fsp3) is 0.500. The minimum Gasteiger partial charge on any atom is -0.374 e. The Morgan fingerprint density at radius 2 is 2.30 bits per heavy atom. The van der Waals surface area contributed by atoms with Crippen molar-refractivity contribution < 1.29 is 22.7 Å². The molecule has 1 atom stereocenters. The number of alkyl halides is 3. The second-order valence-corrected chi connectivity index (χ2v) is 4.34. The summed E-state index contributed by atoms with van der Waals surface area (Å²) in [7, 11) is 0. The van der Waals surface area contributed by atoms with E-state index in [1.807, 2.05) is 0 Å². The second kappa shape index (κ2) is 6.19. The molecule has 110 valence electrons. The number of nitrogens with zero attached hydrogens (tertiary/aromatic N) is 1. The molecule has 2 rings (SSSR count). The van der Waals surface area contributed by atoms with Gasteiger partial charge in [0.25, 0.3) is 5.91 Å². The van der Waals surface area contributed by atoms with E-state index in [0.29, 0.717) is 19.3 Å². The smallest absolute Gasteiger partial charge is 0.374 e. The van der Waals surface area contributed by atoms with Crippen LogP contribution in [0.2, 0.25) is 0 Å². The number of morpholine rings is 1. The third-order valence-electron chi connectivity index (χ3n) is 2.82. The van der Waals surface area contributed by atoms with Gasteiger partial charge in [-0.15, -0.1) is 0 Å².